The first-order valence-corrected chi connectivity index (χ1v) is 8.68. The summed E-state index contributed by atoms with van der Waals surface area (Å²) in [6.07, 6.45) is 0. The summed E-state index contributed by atoms with van der Waals surface area (Å²) in [5.74, 6) is 0.646. The van der Waals surface area contributed by atoms with Crippen LogP contribution in [0.15, 0.2) is 64.2 Å². The van der Waals surface area contributed by atoms with Gasteiger partial charge in [-0.2, -0.15) is 5.26 Å². The number of methoxy groups -OCH3 is 1. The lowest BCUT2D eigenvalue weighted by molar-refractivity contribution is 0.415. The number of aromatic hydroxyl groups is 1. The minimum Gasteiger partial charge on any atom is -0.508 e. The second-order valence-electron chi connectivity index (χ2n) is 6.43. The minimum atomic E-state index is -0.617. The molecular formula is C22H15N3O4. The van der Waals surface area contributed by atoms with Crippen molar-refractivity contribution in [2.45, 2.75) is 0 Å². The number of phenolic OH excluding ortho intramolecular Hbond substituents is 1. The zero-order valence-corrected chi connectivity index (χ0v) is 15.3. The van der Waals surface area contributed by atoms with E-state index in [0.717, 1.165) is 0 Å². The maximum atomic E-state index is 12.7. The Kier molecular flexibility index (Phi) is 4.37. The number of H-pyrrole nitrogens is 2. The third-order valence-electron chi connectivity index (χ3n) is 4.64. The molecule has 142 valence electrons. The smallest absolute Gasteiger partial charge is 0.266 e. The number of nitrogens with zero attached hydrogens (tertiary/aromatic N) is 1. The van der Waals surface area contributed by atoms with Crippen LogP contribution in [0.5, 0.6) is 11.5 Å². The number of nitriles is 1. The van der Waals surface area contributed by atoms with Crippen molar-refractivity contribution < 1.29 is 9.84 Å². The van der Waals surface area contributed by atoms with Gasteiger partial charge in [-0.3, -0.25) is 9.59 Å². The summed E-state index contributed by atoms with van der Waals surface area (Å²) in [5.41, 5.74) is 0.727. The number of hydrogen-bond donors (Lipinski definition) is 3. The second-order valence-corrected chi connectivity index (χ2v) is 6.43. The largest absolute Gasteiger partial charge is 0.508 e. The molecule has 0 spiro atoms. The molecule has 0 atom stereocenters. The Hall–Kier alpha value is -4.31. The molecule has 29 heavy (non-hydrogen) atoms. The van der Waals surface area contributed by atoms with Crippen molar-refractivity contribution in [2.75, 3.05) is 7.11 Å². The molecular weight excluding hydrogens is 370 g/mol. The van der Waals surface area contributed by atoms with Gasteiger partial charge in [0.25, 0.3) is 11.1 Å². The number of phenols is 1. The highest BCUT2D eigenvalue weighted by Gasteiger charge is 2.16. The van der Waals surface area contributed by atoms with E-state index in [1.807, 2.05) is 6.07 Å². The van der Waals surface area contributed by atoms with Crippen LogP contribution in [0, 0.1) is 11.3 Å². The first-order chi connectivity index (χ1) is 14.0. The van der Waals surface area contributed by atoms with Gasteiger partial charge in [0.1, 0.15) is 23.1 Å². The SMILES string of the molecule is COc1ccc2[nH]c(=O)c(-c3cc(-c4cccc(O)c4)[nH]c(=O)c3C#N)cc2c1. The van der Waals surface area contributed by atoms with E-state index in [9.17, 15) is 20.0 Å². The number of ether oxygens (including phenoxy) is 1. The quantitative estimate of drug-likeness (QED) is 0.501. The number of nitrogens with one attached hydrogen (secondary N) is 2. The van der Waals surface area contributed by atoms with E-state index < -0.39 is 11.1 Å². The predicted molar refractivity (Wildman–Crippen MR) is 109 cm³/mol. The van der Waals surface area contributed by atoms with Gasteiger partial charge in [0, 0.05) is 33.3 Å². The van der Waals surface area contributed by atoms with Gasteiger partial charge in [0.2, 0.25) is 0 Å². The van der Waals surface area contributed by atoms with Crippen LogP contribution in [-0.4, -0.2) is 22.2 Å². The van der Waals surface area contributed by atoms with Crippen LogP contribution in [0.25, 0.3) is 33.3 Å². The normalized spacial score (nSPS) is 10.6. The predicted octanol–water partition coefficient (Wildman–Crippen LogP) is 3.14. The number of rotatable bonds is 3. The summed E-state index contributed by atoms with van der Waals surface area (Å²) < 4.78 is 5.23. The van der Waals surface area contributed by atoms with Crippen LogP contribution in [0.3, 0.4) is 0 Å². The number of aromatic amines is 2. The number of pyridine rings is 2. The highest BCUT2D eigenvalue weighted by Crippen LogP contribution is 2.28. The molecule has 3 N–H and O–H groups in total. The number of fused-ring (bicyclic) bond motifs is 1. The van der Waals surface area contributed by atoms with Gasteiger partial charge in [0.05, 0.1) is 7.11 Å². The van der Waals surface area contributed by atoms with E-state index in [1.165, 1.54) is 12.1 Å². The molecule has 0 saturated heterocycles. The van der Waals surface area contributed by atoms with Crippen molar-refractivity contribution in [3.63, 3.8) is 0 Å². The molecule has 0 fully saturated rings. The maximum absolute atomic E-state index is 12.7. The van der Waals surface area contributed by atoms with Gasteiger partial charge < -0.3 is 19.8 Å². The fourth-order valence-electron chi connectivity index (χ4n) is 3.22. The summed E-state index contributed by atoms with van der Waals surface area (Å²) >= 11 is 0. The van der Waals surface area contributed by atoms with Crippen LogP contribution in [0.1, 0.15) is 5.56 Å². The molecule has 0 bridgehead atoms. The van der Waals surface area contributed by atoms with Crippen LogP contribution >= 0.6 is 0 Å². The Balaban J connectivity index is 2.01. The number of benzene rings is 2. The first kappa shape index (κ1) is 18.1. The molecule has 0 aliphatic heterocycles. The van der Waals surface area contributed by atoms with Crippen LogP contribution in [0.4, 0.5) is 0 Å². The topological polar surface area (TPSA) is 119 Å². The molecule has 0 amide bonds. The van der Waals surface area contributed by atoms with Gasteiger partial charge in [-0.05, 0) is 42.5 Å². The lowest BCUT2D eigenvalue weighted by Crippen LogP contribution is -2.16. The highest BCUT2D eigenvalue weighted by molar-refractivity contribution is 5.86. The van der Waals surface area contributed by atoms with Crippen LogP contribution < -0.4 is 15.9 Å². The number of hydrogen-bond acceptors (Lipinski definition) is 5. The molecule has 2 heterocycles. The minimum absolute atomic E-state index is 0.0323. The lowest BCUT2D eigenvalue weighted by atomic mass is 9.99. The van der Waals surface area contributed by atoms with Crippen molar-refractivity contribution in [1.29, 1.82) is 5.26 Å². The molecule has 2 aromatic carbocycles. The average Bonchev–Trinajstić information content (AvgIpc) is 2.72. The summed E-state index contributed by atoms with van der Waals surface area (Å²) in [6, 6.07) is 16.6. The molecule has 4 rings (SSSR count). The Labute approximate surface area is 164 Å². The Bertz CT molecular complexity index is 1410. The fourth-order valence-corrected chi connectivity index (χ4v) is 3.22. The maximum Gasteiger partial charge on any atom is 0.266 e. The Morgan fingerprint density at radius 3 is 2.52 bits per heavy atom. The van der Waals surface area contributed by atoms with E-state index in [0.29, 0.717) is 27.9 Å². The summed E-state index contributed by atoms with van der Waals surface area (Å²) in [5, 5.41) is 19.9. The van der Waals surface area contributed by atoms with Crippen LogP contribution in [-0.2, 0) is 0 Å². The van der Waals surface area contributed by atoms with Crippen molar-refractivity contribution in [2.24, 2.45) is 0 Å². The number of aromatic nitrogens is 2. The molecule has 7 heteroatoms. The monoisotopic (exact) mass is 385 g/mol. The van der Waals surface area contributed by atoms with E-state index in [-0.39, 0.29) is 22.4 Å². The van der Waals surface area contributed by atoms with Crippen molar-refractivity contribution in [3.8, 4) is 40.0 Å². The first-order valence-electron chi connectivity index (χ1n) is 8.68. The molecule has 0 aliphatic carbocycles. The van der Waals surface area contributed by atoms with E-state index in [1.54, 1.807) is 49.6 Å². The van der Waals surface area contributed by atoms with E-state index in [2.05, 4.69) is 9.97 Å². The van der Waals surface area contributed by atoms with Gasteiger partial charge in [0.15, 0.2) is 0 Å². The standard InChI is InChI=1S/C22H15N3O4/c1-29-15-5-6-19-13(8-15)9-17(21(27)24-19)16-10-20(25-22(28)18(16)11-23)12-3-2-4-14(26)7-12/h2-10,26H,1H3,(H,24,27)(H,25,28). The third-order valence-corrected chi connectivity index (χ3v) is 4.64. The van der Waals surface area contributed by atoms with Gasteiger partial charge in [-0.1, -0.05) is 12.1 Å². The van der Waals surface area contributed by atoms with Crippen LogP contribution in [0.2, 0.25) is 0 Å². The van der Waals surface area contributed by atoms with E-state index in [4.69, 9.17) is 4.74 Å². The highest BCUT2D eigenvalue weighted by atomic mass is 16.5. The van der Waals surface area contributed by atoms with Gasteiger partial charge in [-0.25, -0.2) is 0 Å². The summed E-state index contributed by atoms with van der Waals surface area (Å²) in [4.78, 5) is 30.7. The molecule has 2 aromatic heterocycles. The van der Waals surface area contributed by atoms with Gasteiger partial charge >= 0.3 is 0 Å². The molecule has 0 aliphatic rings. The van der Waals surface area contributed by atoms with Crippen molar-refractivity contribution in [3.05, 3.63) is 80.9 Å². The summed E-state index contributed by atoms with van der Waals surface area (Å²) in [6.45, 7) is 0. The zero-order valence-electron chi connectivity index (χ0n) is 15.3. The third kappa shape index (κ3) is 3.24. The summed E-state index contributed by atoms with van der Waals surface area (Å²) in [7, 11) is 1.54. The zero-order chi connectivity index (χ0) is 20.5. The van der Waals surface area contributed by atoms with Crippen molar-refractivity contribution >= 4 is 10.9 Å². The Morgan fingerprint density at radius 2 is 1.79 bits per heavy atom. The fraction of sp³-hybridized carbons (Fsp3) is 0.0455. The average molecular weight is 385 g/mol. The van der Waals surface area contributed by atoms with E-state index >= 15 is 0 Å². The lowest BCUT2D eigenvalue weighted by Gasteiger charge is -2.09. The molecule has 4 aromatic rings. The second kappa shape index (κ2) is 7.02. The molecule has 7 nitrogen and oxygen atoms in total. The van der Waals surface area contributed by atoms with Crippen molar-refractivity contribution in [1.82, 2.24) is 9.97 Å². The molecule has 0 unspecified atom stereocenters. The van der Waals surface area contributed by atoms with Gasteiger partial charge in [-0.15, -0.1) is 0 Å². The molecule has 0 saturated carbocycles. The molecule has 0 radical (unpaired) electrons. The Morgan fingerprint density at radius 1 is 0.966 bits per heavy atom.